The molecule has 2 aromatic carbocycles. The van der Waals surface area contributed by atoms with E-state index < -0.39 is 11.9 Å². The Morgan fingerprint density at radius 1 is 1.00 bits per heavy atom. The fourth-order valence-corrected chi connectivity index (χ4v) is 5.66. The standard InChI is InChI=1S/C27H30FN3O3/c28-25-19(14-18-8-4-5-9-22(18)29-15-17-6-2-1-3-7-17)10-11-20-21(25)16-31(27(20)34)23-12-13-24(32)30-26(23)33/h1-3,6-7,10-11,18,22-23,29H,4-5,8-9,12-16H2,(H,30,32,33)/t18-,22+,23?/m1/s1. The number of fused-ring (bicyclic) bond motifs is 1. The van der Waals surface area contributed by atoms with Gasteiger partial charge >= 0.3 is 0 Å². The highest BCUT2D eigenvalue weighted by atomic mass is 19.1. The number of halogens is 1. The van der Waals surface area contributed by atoms with Gasteiger partial charge in [0, 0.05) is 30.1 Å². The number of benzene rings is 2. The Labute approximate surface area is 198 Å². The van der Waals surface area contributed by atoms with Crippen LogP contribution in [0.25, 0.3) is 0 Å². The van der Waals surface area contributed by atoms with E-state index in [1.54, 1.807) is 12.1 Å². The van der Waals surface area contributed by atoms with Gasteiger partial charge in [-0.15, -0.1) is 0 Å². The number of carbonyl (C=O) groups excluding carboxylic acids is 3. The van der Waals surface area contributed by atoms with E-state index in [9.17, 15) is 14.4 Å². The molecule has 0 spiro atoms. The van der Waals surface area contributed by atoms with Crippen molar-refractivity contribution in [3.05, 3.63) is 70.5 Å². The summed E-state index contributed by atoms with van der Waals surface area (Å²) in [6, 6.07) is 13.3. The Kier molecular flexibility index (Phi) is 6.46. The van der Waals surface area contributed by atoms with Crippen LogP contribution >= 0.6 is 0 Å². The first-order valence-electron chi connectivity index (χ1n) is 12.2. The van der Waals surface area contributed by atoms with E-state index in [1.165, 1.54) is 16.9 Å². The minimum Gasteiger partial charge on any atom is -0.322 e. The Hall–Kier alpha value is -3.06. The van der Waals surface area contributed by atoms with Crippen LogP contribution in [0.5, 0.6) is 0 Å². The Morgan fingerprint density at radius 3 is 2.59 bits per heavy atom. The summed E-state index contributed by atoms with van der Waals surface area (Å²) in [6.07, 6.45) is 5.51. The lowest BCUT2D eigenvalue weighted by molar-refractivity contribution is -0.136. The third-order valence-electron chi connectivity index (χ3n) is 7.53. The highest BCUT2D eigenvalue weighted by molar-refractivity contribution is 6.05. The Bertz CT molecular complexity index is 1100. The molecule has 2 aliphatic heterocycles. The SMILES string of the molecule is O=C1CCC(N2Cc3c(ccc(C[C@H]4CCCC[C@@H]4NCc4ccccc4)c3F)C2=O)C(=O)N1. The van der Waals surface area contributed by atoms with Crippen LogP contribution in [0.1, 0.15) is 65.6 Å². The molecule has 5 rings (SSSR count). The molecule has 7 heteroatoms. The van der Waals surface area contributed by atoms with Gasteiger partial charge < -0.3 is 10.2 Å². The predicted octanol–water partition coefficient (Wildman–Crippen LogP) is 3.48. The second-order valence-corrected chi connectivity index (χ2v) is 9.69. The Balaban J connectivity index is 1.30. The first-order chi connectivity index (χ1) is 16.5. The molecule has 1 saturated heterocycles. The molecular formula is C27H30FN3O3. The quantitative estimate of drug-likeness (QED) is 0.643. The molecule has 3 amide bonds. The summed E-state index contributed by atoms with van der Waals surface area (Å²) in [6.45, 7) is 0.866. The average molecular weight is 464 g/mol. The predicted molar refractivity (Wildman–Crippen MR) is 125 cm³/mol. The fraction of sp³-hybridized carbons (Fsp3) is 0.444. The number of hydrogen-bond acceptors (Lipinski definition) is 4. The number of amides is 3. The topological polar surface area (TPSA) is 78.5 Å². The molecule has 2 aromatic rings. The maximum Gasteiger partial charge on any atom is 0.255 e. The number of piperidine rings is 1. The monoisotopic (exact) mass is 463 g/mol. The van der Waals surface area contributed by atoms with Crippen molar-refractivity contribution >= 4 is 17.7 Å². The van der Waals surface area contributed by atoms with Crippen molar-refractivity contribution in [2.45, 2.75) is 70.1 Å². The number of imide groups is 1. The second-order valence-electron chi connectivity index (χ2n) is 9.69. The summed E-state index contributed by atoms with van der Waals surface area (Å²) in [5.74, 6) is -1.15. The summed E-state index contributed by atoms with van der Waals surface area (Å²) in [4.78, 5) is 38.1. The molecule has 0 radical (unpaired) electrons. The molecule has 3 aliphatic rings. The van der Waals surface area contributed by atoms with E-state index in [4.69, 9.17) is 0 Å². The minimum absolute atomic E-state index is 0.0699. The lowest BCUT2D eigenvalue weighted by Crippen LogP contribution is -2.52. The largest absolute Gasteiger partial charge is 0.322 e. The smallest absolute Gasteiger partial charge is 0.255 e. The molecule has 178 valence electrons. The van der Waals surface area contributed by atoms with Gasteiger partial charge in [-0.1, -0.05) is 49.2 Å². The highest BCUT2D eigenvalue weighted by Gasteiger charge is 2.40. The van der Waals surface area contributed by atoms with Gasteiger partial charge in [0.05, 0.1) is 6.54 Å². The normalized spacial score (nSPS) is 24.8. The maximum absolute atomic E-state index is 15.6. The summed E-state index contributed by atoms with van der Waals surface area (Å²) < 4.78 is 15.6. The van der Waals surface area contributed by atoms with Gasteiger partial charge in [-0.05, 0) is 48.8 Å². The summed E-state index contributed by atoms with van der Waals surface area (Å²) >= 11 is 0. The van der Waals surface area contributed by atoms with Crippen LogP contribution in [-0.4, -0.2) is 34.7 Å². The van der Waals surface area contributed by atoms with Crippen LogP contribution in [0.2, 0.25) is 0 Å². The summed E-state index contributed by atoms with van der Waals surface area (Å²) in [5, 5.41) is 5.98. The maximum atomic E-state index is 15.6. The molecule has 1 aliphatic carbocycles. The molecule has 1 unspecified atom stereocenters. The van der Waals surface area contributed by atoms with Crippen molar-refractivity contribution in [1.82, 2.24) is 15.5 Å². The van der Waals surface area contributed by atoms with Crippen molar-refractivity contribution in [2.24, 2.45) is 5.92 Å². The van der Waals surface area contributed by atoms with Gasteiger partial charge in [0.2, 0.25) is 11.8 Å². The van der Waals surface area contributed by atoms with Gasteiger partial charge in [0.15, 0.2) is 0 Å². The highest BCUT2D eigenvalue weighted by Crippen LogP contribution is 2.34. The van der Waals surface area contributed by atoms with Crippen LogP contribution < -0.4 is 10.6 Å². The second kappa shape index (κ2) is 9.66. The number of nitrogens with one attached hydrogen (secondary N) is 2. The molecule has 2 heterocycles. The van der Waals surface area contributed by atoms with Crippen molar-refractivity contribution in [3.63, 3.8) is 0 Å². The van der Waals surface area contributed by atoms with Gasteiger partial charge in [-0.25, -0.2) is 4.39 Å². The fourth-order valence-electron chi connectivity index (χ4n) is 5.66. The van der Waals surface area contributed by atoms with E-state index in [1.807, 2.05) is 18.2 Å². The molecule has 0 aromatic heterocycles. The van der Waals surface area contributed by atoms with Gasteiger partial charge in [0.25, 0.3) is 5.91 Å². The number of carbonyl (C=O) groups is 3. The van der Waals surface area contributed by atoms with Crippen LogP contribution in [0.15, 0.2) is 42.5 Å². The lowest BCUT2D eigenvalue weighted by Gasteiger charge is -2.33. The molecule has 2 fully saturated rings. The average Bonchev–Trinajstić information content (AvgIpc) is 3.18. The van der Waals surface area contributed by atoms with E-state index >= 15 is 4.39 Å². The number of rotatable bonds is 6. The third-order valence-corrected chi connectivity index (χ3v) is 7.53. The van der Waals surface area contributed by atoms with Crippen LogP contribution in [-0.2, 0) is 29.1 Å². The van der Waals surface area contributed by atoms with Crippen LogP contribution in [0.3, 0.4) is 0 Å². The molecule has 1 saturated carbocycles. The zero-order valence-electron chi connectivity index (χ0n) is 19.2. The molecular weight excluding hydrogens is 433 g/mol. The molecule has 34 heavy (non-hydrogen) atoms. The molecule has 3 atom stereocenters. The zero-order chi connectivity index (χ0) is 23.7. The first-order valence-corrected chi connectivity index (χ1v) is 12.2. The van der Waals surface area contributed by atoms with Gasteiger partial charge in [-0.2, -0.15) is 0 Å². The van der Waals surface area contributed by atoms with Crippen molar-refractivity contribution in [1.29, 1.82) is 0 Å². The van der Waals surface area contributed by atoms with E-state index in [-0.39, 0.29) is 37.0 Å². The van der Waals surface area contributed by atoms with Crippen molar-refractivity contribution in [2.75, 3.05) is 0 Å². The van der Waals surface area contributed by atoms with Gasteiger partial charge in [-0.3, -0.25) is 19.7 Å². The summed E-state index contributed by atoms with van der Waals surface area (Å²) in [7, 11) is 0. The summed E-state index contributed by atoms with van der Waals surface area (Å²) in [5.41, 5.74) is 2.57. The minimum atomic E-state index is -0.731. The molecule has 6 nitrogen and oxygen atoms in total. The zero-order valence-corrected chi connectivity index (χ0v) is 19.2. The first kappa shape index (κ1) is 22.7. The van der Waals surface area contributed by atoms with Crippen LogP contribution in [0, 0.1) is 11.7 Å². The van der Waals surface area contributed by atoms with Crippen molar-refractivity contribution in [3.8, 4) is 0 Å². The molecule has 0 bridgehead atoms. The Morgan fingerprint density at radius 2 is 1.79 bits per heavy atom. The third kappa shape index (κ3) is 4.49. The van der Waals surface area contributed by atoms with E-state index in [2.05, 4.69) is 22.8 Å². The van der Waals surface area contributed by atoms with Gasteiger partial charge in [0.1, 0.15) is 11.9 Å². The molecule has 2 N–H and O–H groups in total. The van der Waals surface area contributed by atoms with Crippen LogP contribution in [0.4, 0.5) is 4.39 Å². The lowest BCUT2D eigenvalue weighted by atomic mass is 9.80. The van der Waals surface area contributed by atoms with Crippen molar-refractivity contribution < 1.29 is 18.8 Å². The number of hydrogen-bond donors (Lipinski definition) is 2. The number of nitrogens with zero attached hydrogens (tertiary/aromatic N) is 1. The van der Waals surface area contributed by atoms with E-state index in [0.29, 0.717) is 35.1 Å². The van der Waals surface area contributed by atoms with E-state index in [0.717, 1.165) is 25.8 Å².